The zero-order valence-electron chi connectivity index (χ0n) is 17.3. The second-order valence-electron chi connectivity index (χ2n) is 7.11. The molecular formula is C20H24N6O5. The number of benzene rings is 1. The fraction of sp³-hybridized carbons (Fsp3) is 0.400. The number of hydrazine groups is 1. The second kappa shape index (κ2) is 9.83. The number of carbonyl (C=O) groups is 2. The van der Waals surface area contributed by atoms with E-state index < -0.39 is 10.8 Å². The fourth-order valence-corrected chi connectivity index (χ4v) is 3.34. The zero-order chi connectivity index (χ0) is 22.4. The average molecular weight is 428 g/mol. The Kier molecular flexibility index (Phi) is 6.96. The molecule has 1 aromatic carbocycles. The molecular weight excluding hydrogens is 404 g/mol. The van der Waals surface area contributed by atoms with Gasteiger partial charge in [0, 0.05) is 18.7 Å². The first-order chi connectivity index (χ1) is 14.9. The molecule has 0 saturated carbocycles. The Morgan fingerprint density at radius 2 is 1.90 bits per heavy atom. The van der Waals surface area contributed by atoms with Crippen molar-refractivity contribution in [2.24, 2.45) is 5.92 Å². The minimum atomic E-state index is -0.590. The lowest BCUT2D eigenvalue weighted by atomic mass is 9.97. The maximum Gasteiger partial charge on any atom is 0.355 e. The molecule has 1 saturated heterocycles. The second-order valence-corrected chi connectivity index (χ2v) is 7.11. The van der Waals surface area contributed by atoms with Gasteiger partial charge in [-0.15, -0.1) is 0 Å². The van der Waals surface area contributed by atoms with Crippen LogP contribution in [-0.4, -0.2) is 46.5 Å². The normalized spacial score (nSPS) is 14.1. The molecule has 0 spiro atoms. The van der Waals surface area contributed by atoms with E-state index in [9.17, 15) is 19.7 Å². The molecule has 0 aliphatic carbocycles. The summed E-state index contributed by atoms with van der Waals surface area (Å²) in [6.45, 7) is 4.80. The molecule has 0 radical (unpaired) electrons. The van der Waals surface area contributed by atoms with Gasteiger partial charge in [-0.25, -0.2) is 9.97 Å². The minimum Gasteiger partial charge on any atom is -0.466 e. The van der Waals surface area contributed by atoms with E-state index in [1.165, 1.54) is 6.33 Å². The predicted octanol–water partition coefficient (Wildman–Crippen LogP) is 2.23. The first kappa shape index (κ1) is 21.9. The highest BCUT2D eigenvalue weighted by molar-refractivity contribution is 5.95. The van der Waals surface area contributed by atoms with Crippen LogP contribution >= 0.6 is 0 Å². The Morgan fingerprint density at radius 1 is 1.23 bits per heavy atom. The Bertz CT molecular complexity index is 957. The number of anilines is 2. The van der Waals surface area contributed by atoms with Crippen LogP contribution in [0, 0.1) is 23.0 Å². The molecule has 11 nitrogen and oxygen atoms in total. The van der Waals surface area contributed by atoms with Gasteiger partial charge in [0.25, 0.3) is 5.91 Å². The highest BCUT2D eigenvalue weighted by atomic mass is 16.6. The zero-order valence-corrected chi connectivity index (χ0v) is 17.3. The fourth-order valence-electron chi connectivity index (χ4n) is 3.34. The summed E-state index contributed by atoms with van der Waals surface area (Å²) in [6, 6.07) is 6.89. The molecule has 1 amide bonds. The van der Waals surface area contributed by atoms with Gasteiger partial charge in [-0.3, -0.25) is 30.6 Å². The van der Waals surface area contributed by atoms with Crippen molar-refractivity contribution in [3.63, 3.8) is 0 Å². The van der Waals surface area contributed by atoms with E-state index in [2.05, 4.69) is 20.8 Å². The summed E-state index contributed by atoms with van der Waals surface area (Å²) >= 11 is 0. The SMILES string of the molecule is CCOC(=O)C1CCN(c2ncnc(NNC(=O)c3ccc(C)cc3)c2[N+](=O)[O-])CC1. The number of aryl methyl sites for hydroxylation is 1. The van der Waals surface area contributed by atoms with Crippen molar-refractivity contribution in [3.8, 4) is 0 Å². The van der Waals surface area contributed by atoms with Crippen molar-refractivity contribution in [2.75, 3.05) is 30.0 Å². The molecule has 2 aromatic rings. The van der Waals surface area contributed by atoms with E-state index in [0.717, 1.165) is 5.56 Å². The number of nitrogens with one attached hydrogen (secondary N) is 2. The summed E-state index contributed by atoms with van der Waals surface area (Å²) in [6.07, 6.45) is 2.21. The van der Waals surface area contributed by atoms with E-state index in [1.54, 1.807) is 36.1 Å². The lowest BCUT2D eigenvalue weighted by molar-refractivity contribution is -0.383. The average Bonchev–Trinajstić information content (AvgIpc) is 2.77. The van der Waals surface area contributed by atoms with E-state index >= 15 is 0 Å². The lowest BCUT2D eigenvalue weighted by Gasteiger charge is -2.31. The highest BCUT2D eigenvalue weighted by Crippen LogP contribution is 2.33. The number of aromatic nitrogens is 2. The monoisotopic (exact) mass is 428 g/mol. The van der Waals surface area contributed by atoms with Crippen LogP contribution in [0.5, 0.6) is 0 Å². The molecule has 31 heavy (non-hydrogen) atoms. The Balaban J connectivity index is 1.72. The van der Waals surface area contributed by atoms with Crippen LogP contribution in [0.1, 0.15) is 35.7 Å². The maximum absolute atomic E-state index is 12.3. The quantitative estimate of drug-likeness (QED) is 0.386. The van der Waals surface area contributed by atoms with E-state index in [4.69, 9.17) is 4.74 Å². The van der Waals surface area contributed by atoms with Gasteiger partial charge < -0.3 is 9.64 Å². The molecule has 2 N–H and O–H groups in total. The number of piperidine rings is 1. The van der Waals surface area contributed by atoms with Crippen molar-refractivity contribution < 1.29 is 19.2 Å². The molecule has 0 bridgehead atoms. The molecule has 164 valence electrons. The van der Waals surface area contributed by atoms with Gasteiger partial charge in [-0.2, -0.15) is 0 Å². The molecule has 1 aliphatic rings. The van der Waals surface area contributed by atoms with Crippen molar-refractivity contribution >= 4 is 29.2 Å². The van der Waals surface area contributed by atoms with Crippen molar-refractivity contribution in [3.05, 3.63) is 51.8 Å². The molecule has 0 unspecified atom stereocenters. The summed E-state index contributed by atoms with van der Waals surface area (Å²) in [5.41, 5.74) is 6.03. The van der Waals surface area contributed by atoms with E-state index in [-0.39, 0.29) is 29.2 Å². The summed E-state index contributed by atoms with van der Waals surface area (Å²) in [4.78, 5) is 45.2. The number of nitro groups is 1. The Labute approximate surface area is 178 Å². The molecule has 0 atom stereocenters. The molecule has 2 heterocycles. The lowest BCUT2D eigenvalue weighted by Crippen LogP contribution is -2.38. The van der Waals surface area contributed by atoms with Crippen molar-refractivity contribution in [2.45, 2.75) is 26.7 Å². The smallest absolute Gasteiger partial charge is 0.355 e. The van der Waals surface area contributed by atoms with Crippen LogP contribution in [0.25, 0.3) is 0 Å². The molecule has 1 aromatic heterocycles. The van der Waals surface area contributed by atoms with Crippen molar-refractivity contribution in [1.29, 1.82) is 0 Å². The van der Waals surface area contributed by atoms with Crippen molar-refractivity contribution in [1.82, 2.24) is 15.4 Å². The molecule has 1 aliphatic heterocycles. The minimum absolute atomic E-state index is 0.122. The maximum atomic E-state index is 12.3. The third-order valence-electron chi connectivity index (χ3n) is 5.01. The summed E-state index contributed by atoms with van der Waals surface area (Å²) in [5.74, 6) is -0.925. The van der Waals surface area contributed by atoms with Crippen LogP contribution in [-0.2, 0) is 9.53 Å². The number of esters is 1. The van der Waals surface area contributed by atoms with Gasteiger partial charge in [0.2, 0.25) is 11.6 Å². The molecule has 1 fully saturated rings. The number of nitrogens with zero attached hydrogens (tertiary/aromatic N) is 4. The number of hydrogen-bond acceptors (Lipinski definition) is 9. The van der Waals surface area contributed by atoms with Gasteiger partial charge in [0.15, 0.2) is 0 Å². The third-order valence-corrected chi connectivity index (χ3v) is 5.01. The third kappa shape index (κ3) is 5.24. The van der Waals surface area contributed by atoms with Gasteiger partial charge in [-0.1, -0.05) is 17.7 Å². The molecule has 11 heteroatoms. The summed E-state index contributed by atoms with van der Waals surface area (Å²) in [5, 5.41) is 11.8. The van der Waals surface area contributed by atoms with Crippen LogP contribution < -0.4 is 15.8 Å². The highest BCUT2D eigenvalue weighted by Gasteiger charge is 2.32. The number of carbonyl (C=O) groups excluding carboxylic acids is 2. The molecule has 3 rings (SSSR count). The topological polar surface area (TPSA) is 140 Å². The Morgan fingerprint density at radius 3 is 2.52 bits per heavy atom. The van der Waals surface area contributed by atoms with Gasteiger partial charge in [0.05, 0.1) is 17.4 Å². The standard InChI is InChI=1S/C20H24N6O5/c1-3-31-20(28)15-8-10-25(11-9-15)18-16(26(29)30)17(21-12-22-18)23-24-19(27)14-6-4-13(2)5-7-14/h4-7,12,15H,3,8-11H2,1-2H3,(H,24,27)(H,21,22,23). The number of ether oxygens (including phenoxy) is 1. The predicted molar refractivity (Wildman–Crippen MR) is 113 cm³/mol. The summed E-state index contributed by atoms with van der Waals surface area (Å²) < 4.78 is 5.06. The van der Waals surface area contributed by atoms with Gasteiger partial charge in [-0.05, 0) is 38.8 Å². The number of amides is 1. The Hall–Kier alpha value is -3.76. The number of hydrogen-bond donors (Lipinski definition) is 2. The largest absolute Gasteiger partial charge is 0.466 e. The van der Waals surface area contributed by atoms with Crippen LogP contribution in [0.2, 0.25) is 0 Å². The van der Waals surface area contributed by atoms with Crippen LogP contribution in [0.3, 0.4) is 0 Å². The summed E-state index contributed by atoms with van der Waals surface area (Å²) in [7, 11) is 0. The van der Waals surface area contributed by atoms with Gasteiger partial charge >= 0.3 is 11.7 Å². The first-order valence-electron chi connectivity index (χ1n) is 9.94. The van der Waals surface area contributed by atoms with Crippen LogP contribution in [0.4, 0.5) is 17.3 Å². The van der Waals surface area contributed by atoms with E-state index in [0.29, 0.717) is 38.1 Å². The van der Waals surface area contributed by atoms with E-state index in [1.807, 2.05) is 6.92 Å². The van der Waals surface area contributed by atoms with Crippen LogP contribution in [0.15, 0.2) is 30.6 Å². The number of rotatable bonds is 7. The first-order valence-corrected chi connectivity index (χ1v) is 9.94. The van der Waals surface area contributed by atoms with Gasteiger partial charge in [0.1, 0.15) is 6.33 Å².